The molecule has 1 amide bonds. The van der Waals surface area contributed by atoms with Crippen LogP contribution < -0.4 is 10.1 Å². The molecule has 0 spiro atoms. The van der Waals surface area contributed by atoms with Gasteiger partial charge in [-0.05, 0) is 42.0 Å². The van der Waals surface area contributed by atoms with E-state index in [0.29, 0.717) is 23.0 Å². The first-order valence-corrected chi connectivity index (χ1v) is 10.4. The highest BCUT2D eigenvalue weighted by molar-refractivity contribution is 7.13. The molecule has 0 unspecified atom stereocenters. The number of hydrogen-bond acceptors (Lipinski definition) is 4. The first kappa shape index (κ1) is 20.7. The molecule has 0 saturated carbocycles. The molecular weight excluding hydrogens is 418 g/mol. The summed E-state index contributed by atoms with van der Waals surface area (Å²) in [4.78, 5) is 16.7. The highest BCUT2D eigenvalue weighted by Crippen LogP contribution is 2.26. The fraction of sp³-hybridized carbons (Fsp3) is 0.0833. The van der Waals surface area contributed by atoms with Crippen LogP contribution >= 0.6 is 11.3 Å². The molecule has 0 atom stereocenters. The molecular formula is C24H18F2N2O2S. The van der Waals surface area contributed by atoms with Gasteiger partial charge in [0.15, 0.2) is 0 Å². The van der Waals surface area contributed by atoms with Crippen LogP contribution in [0.5, 0.6) is 5.75 Å². The number of benzene rings is 3. The Hall–Kier alpha value is -3.58. The van der Waals surface area contributed by atoms with Crippen LogP contribution in [0.3, 0.4) is 0 Å². The SMILES string of the molecule is O=C(NCc1ccccc1)c1csc(-c2ccc(OCc3c(F)cccc3F)cc2)n1. The van der Waals surface area contributed by atoms with Gasteiger partial charge in [0.05, 0.1) is 5.56 Å². The van der Waals surface area contributed by atoms with E-state index in [4.69, 9.17) is 4.74 Å². The second-order valence-electron chi connectivity index (χ2n) is 6.72. The van der Waals surface area contributed by atoms with Gasteiger partial charge in [0.25, 0.3) is 5.91 Å². The minimum Gasteiger partial charge on any atom is -0.489 e. The number of thiazole rings is 1. The van der Waals surface area contributed by atoms with Crippen molar-refractivity contribution in [2.75, 3.05) is 0 Å². The Kier molecular flexibility index (Phi) is 6.33. The van der Waals surface area contributed by atoms with Gasteiger partial charge in [-0.3, -0.25) is 4.79 Å². The Balaban J connectivity index is 1.37. The maximum Gasteiger partial charge on any atom is 0.271 e. The lowest BCUT2D eigenvalue weighted by molar-refractivity contribution is 0.0946. The van der Waals surface area contributed by atoms with E-state index in [0.717, 1.165) is 11.1 Å². The fourth-order valence-electron chi connectivity index (χ4n) is 2.90. The Morgan fingerprint density at radius 2 is 1.65 bits per heavy atom. The molecule has 4 rings (SSSR count). The molecule has 0 radical (unpaired) electrons. The van der Waals surface area contributed by atoms with Crippen LogP contribution in [-0.4, -0.2) is 10.9 Å². The molecule has 1 heterocycles. The Bertz CT molecular complexity index is 1160. The summed E-state index contributed by atoms with van der Waals surface area (Å²) in [5, 5.41) is 5.26. The van der Waals surface area contributed by atoms with Crippen LogP contribution in [-0.2, 0) is 13.2 Å². The number of hydrogen-bond donors (Lipinski definition) is 1. The highest BCUT2D eigenvalue weighted by Gasteiger charge is 2.12. The number of amides is 1. The second kappa shape index (κ2) is 9.49. The van der Waals surface area contributed by atoms with Gasteiger partial charge in [0.2, 0.25) is 0 Å². The topological polar surface area (TPSA) is 51.2 Å². The largest absolute Gasteiger partial charge is 0.489 e. The minimum absolute atomic E-state index is 0.113. The van der Waals surface area contributed by atoms with Crippen molar-refractivity contribution < 1.29 is 18.3 Å². The maximum atomic E-state index is 13.7. The number of halogens is 2. The van der Waals surface area contributed by atoms with Crippen molar-refractivity contribution in [2.24, 2.45) is 0 Å². The summed E-state index contributed by atoms with van der Waals surface area (Å²) in [6.07, 6.45) is 0. The number of ether oxygens (including phenoxy) is 1. The second-order valence-corrected chi connectivity index (χ2v) is 7.58. The van der Waals surface area contributed by atoms with Crippen LogP contribution in [0.15, 0.2) is 78.2 Å². The fourth-order valence-corrected chi connectivity index (χ4v) is 3.71. The monoisotopic (exact) mass is 436 g/mol. The molecule has 0 aliphatic heterocycles. The van der Waals surface area contributed by atoms with Crippen molar-refractivity contribution in [1.82, 2.24) is 10.3 Å². The van der Waals surface area contributed by atoms with Crippen molar-refractivity contribution in [1.29, 1.82) is 0 Å². The van der Waals surface area contributed by atoms with Crippen LogP contribution in [0.2, 0.25) is 0 Å². The summed E-state index contributed by atoms with van der Waals surface area (Å²) in [7, 11) is 0. The van der Waals surface area contributed by atoms with Crippen LogP contribution in [0.25, 0.3) is 10.6 Å². The summed E-state index contributed by atoms with van der Waals surface area (Å²) in [6.45, 7) is 0.224. The van der Waals surface area contributed by atoms with E-state index in [9.17, 15) is 13.6 Å². The van der Waals surface area contributed by atoms with Crippen LogP contribution in [0.1, 0.15) is 21.6 Å². The highest BCUT2D eigenvalue weighted by atomic mass is 32.1. The Labute approximate surface area is 182 Å². The number of nitrogens with zero attached hydrogens (tertiary/aromatic N) is 1. The molecule has 0 aliphatic carbocycles. The average molecular weight is 436 g/mol. The number of aromatic nitrogens is 1. The predicted octanol–water partition coefficient (Wildman–Crippen LogP) is 5.60. The first-order valence-electron chi connectivity index (χ1n) is 9.54. The van der Waals surface area contributed by atoms with E-state index in [-0.39, 0.29) is 18.1 Å². The molecule has 3 aromatic carbocycles. The smallest absolute Gasteiger partial charge is 0.271 e. The third-order valence-corrected chi connectivity index (χ3v) is 5.47. The average Bonchev–Trinajstić information content (AvgIpc) is 3.29. The Morgan fingerprint density at radius 3 is 2.35 bits per heavy atom. The minimum atomic E-state index is -0.641. The lowest BCUT2D eigenvalue weighted by Gasteiger charge is -2.08. The molecule has 4 nitrogen and oxygen atoms in total. The third kappa shape index (κ3) is 5.13. The molecule has 7 heteroatoms. The first-order chi connectivity index (χ1) is 15.1. The molecule has 0 fully saturated rings. The zero-order valence-electron chi connectivity index (χ0n) is 16.3. The molecule has 1 aromatic heterocycles. The summed E-state index contributed by atoms with van der Waals surface area (Å²) in [6, 6.07) is 20.3. The summed E-state index contributed by atoms with van der Waals surface area (Å²) in [5.41, 5.74) is 2.07. The van der Waals surface area contributed by atoms with Gasteiger partial charge in [-0.1, -0.05) is 36.4 Å². The van der Waals surface area contributed by atoms with Crippen molar-refractivity contribution in [3.63, 3.8) is 0 Å². The molecule has 156 valence electrons. The molecule has 0 saturated heterocycles. The van der Waals surface area contributed by atoms with Gasteiger partial charge in [-0.25, -0.2) is 13.8 Å². The normalized spacial score (nSPS) is 10.6. The van der Waals surface area contributed by atoms with Crippen molar-refractivity contribution in [2.45, 2.75) is 13.2 Å². The van der Waals surface area contributed by atoms with Gasteiger partial charge >= 0.3 is 0 Å². The zero-order chi connectivity index (χ0) is 21.6. The number of carbonyl (C=O) groups is 1. The summed E-state index contributed by atoms with van der Waals surface area (Å²) < 4.78 is 32.9. The van der Waals surface area contributed by atoms with E-state index >= 15 is 0 Å². The molecule has 0 aliphatic rings. The van der Waals surface area contributed by atoms with E-state index in [1.165, 1.54) is 29.5 Å². The van der Waals surface area contributed by atoms with E-state index < -0.39 is 11.6 Å². The van der Waals surface area contributed by atoms with Crippen molar-refractivity contribution in [3.05, 3.63) is 107 Å². The van der Waals surface area contributed by atoms with Crippen LogP contribution in [0.4, 0.5) is 8.78 Å². The third-order valence-electron chi connectivity index (χ3n) is 4.58. The standard InChI is InChI=1S/C24H18F2N2O2S/c25-20-7-4-8-21(26)19(20)14-30-18-11-9-17(10-12-18)24-28-22(15-31-24)23(29)27-13-16-5-2-1-3-6-16/h1-12,15H,13-14H2,(H,27,29). The van der Waals surface area contributed by atoms with E-state index in [1.807, 2.05) is 30.3 Å². The van der Waals surface area contributed by atoms with Gasteiger partial charge < -0.3 is 10.1 Å². The molecule has 0 bridgehead atoms. The van der Waals surface area contributed by atoms with Gasteiger partial charge in [-0.2, -0.15) is 0 Å². The molecule has 31 heavy (non-hydrogen) atoms. The van der Waals surface area contributed by atoms with E-state index in [2.05, 4.69) is 10.3 Å². The maximum absolute atomic E-state index is 13.7. The predicted molar refractivity (Wildman–Crippen MR) is 116 cm³/mol. The number of carbonyl (C=O) groups excluding carboxylic acids is 1. The summed E-state index contributed by atoms with van der Waals surface area (Å²) in [5.74, 6) is -1.04. The van der Waals surface area contributed by atoms with Crippen LogP contribution in [0, 0.1) is 11.6 Å². The molecule has 4 aromatic rings. The molecule has 1 N–H and O–H groups in total. The van der Waals surface area contributed by atoms with Crippen molar-refractivity contribution >= 4 is 17.2 Å². The zero-order valence-corrected chi connectivity index (χ0v) is 17.2. The lowest BCUT2D eigenvalue weighted by atomic mass is 10.2. The summed E-state index contributed by atoms with van der Waals surface area (Å²) >= 11 is 1.36. The lowest BCUT2D eigenvalue weighted by Crippen LogP contribution is -2.23. The van der Waals surface area contributed by atoms with Gasteiger partial charge in [-0.15, -0.1) is 11.3 Å². The van der Waals surface area contributed by atoms with Gasteiger partial charge in [0.1, 0.15) is 34.7 Å². The van der Waals surface area contributed by atoms with E-state index in [1.54, 1.807) is 29.6 Å². The van der Waals surface area contributed by atoms with Crippen molar-refractivity contribution in [3.8, 4) is 16.3 Å². The number of nitrogens with one attached hydrogen (secondary N) is 1. The quantitative estimate of drug-likeness (QED) is 0.410. The Morgan fingerprint density at radius 1 is 0.935 bits per heavy atom. The number of rotatable bonds is 7. The van der Waals surface area contributed by atoms with Gasteiger partial charge in [0, 0.05) is 17.5 Å².